The molecule has 6 N–H and O–H groups in total. The number of aliphatic hydroxyl groups is 2. The number of nitrogens with one attached hydrogen (secondary N) is 2. The van der Waals surface area contributed by atoms with Crippen molar-refractivity contribution in [3.8, 4) is 21.2 Å². The Morgan fingerprint density at radius 3 is 2.42 bits per heavy atom. The number of halogens is 1. The van der Waals surface area contributed by atoms with E-state index in [0.717, 1.165) is 53.3 Å². The first kappa shape index (κ1) is 52.6. The van der Waals surface area contributed by atoms with Crippen LogP contribution in [0.3, 0.4) is 0 Å². The lowest BCUT2D eigenvalue weighted by atomic mass is 9.85. The fraction of sp³-hybridized carbons (Fsp3) is 0.382. The number of aromatic nitrogens is 4. The Morgan fingerprint density at radius 1 is 0.987 bits per heavy atom. The van der Waals surface area contributed by atoms with Crippen molar-refractivity contribution < 1.29 is 38.5 Å². The smallest absolute Gasteiger partial charge is 0.304 e. The van der Waals surface area contributed by atoms with Gasteiger partial charge in [0.15, 0.2) is 11.6 Å². The molecule has 4 aromatic heterocycles. The first-order valence-corrected chi connectivity index (χ1v) is 27.2. The number of hydrogen-bond donors (Lipinski definition) is 5. The summed E-state index contributed by atoms with van der Waals surface area (Å²) in [6.45, 7) is 12.9. The number of β-amino-alcohol motifs (C(OH)–C–C–N with tert-alkyl or cyclic N) is 1. The number of hydrogen-bond acceptors (Lipinski definition) is 15. The molecule has 7 aromatic rings. The van der Waals surface area contributed by atoms with Crippen LogP contribution in [0.15, 0.2) is 87.7 Å². The summed E-state index contributed by atoms with van der Waals surface area (Å²) in [5.74, 6) is 6.37. The van der Waals surface area contributed by atoms with Crippen molar-refractivity contribution in [2.75, 3.05) is 6.54 Å². The average molecular weight is 1090 g/mol. The van der Waals surface area contributed by atoms with E-state index in [-0.39, 0.29) is 49.8 Å². The molecule has 1 saturated heterocycles. The molecular formula is C55H59ClN10O8S2. The molecule has 2 fully saturated rings. The fourth-order valence-electron chi connectivity index (χ4n) is 10.3. The average Bonchev–Trinajstić information content (AvgIpc) is 4.22. The minimum absolute atomic E-state index is 0.00321. The third-order valence-electron chi connectivity index (χ3n) is 14.5. The number of furan rings is 1. The predicted octanol–water partition coefficient (Wildman–Crippen LogP) is 7.85. The number of fused-ring (bicyclic) bond motifs is 4. The van der Waals surface area contributed by atoms with Gasteiger partial charge in [-0.1, -0.05) is 68.8 Å². The zero-order valence-electron chi connectivity index (χ0n) is 43.0. The molecule has 21 heteroatoms. The number of carbonyl (C=O) groups is 4. The van der Waals surface area contributed by atoms with Gasteiger partial charge in [0.25, 0.3) is 0 Å². The second kappa shape index (κ2) is 21.0. The number of nitrogens with zero attached hydrogens (tertiary/aromatic N) is 7. The van der Waals surface area contributed by atoms with E-state index in [4.69, 9.17) is 31.6 Å². The van der Waals surface area contributed by atoms with Gasteiger partial charge in [0.1, 0.15) is 46.4 Å². The maximum atomic E-state index is 14.5. The lowest BCUT2D eigenvalue weighted by molar-refractivity contribution is -0.145. The van der Waals surface area contributed by atoms with E-state index in [1.54, 1.807) is 61.9 Å². The predicted molar refractivity (Wildman–Crippen MR) is 289 cm³/mol. The number of hydrazine groups is 1. The molecule has 18 nitrogen and oxygen atoms in total. The van der Waals surface area contributed by atoms with Crippen LogP contribution in [0.2, 0.25) is 5.02 Å². The monoisotopic (exact) mass is 1090 g/mol. The van der Waals surface area contributed by atoms with E-state index in [1.165, 1.54) is 16.2 Å². The SMILES string of the molecule is Cc1sc2c(c1C)C(c1ccc(Cl)cc1)=N[C@@H](CC(=O)NC1CC(Oc3ccc4oc(C(=O)N(N)[C@H](C(=O)N5C[C@H](O)C[C@H]5C(=O)N[C@@H](C)c5ccc(-c6scnc6CO)cc5)C(C)(C)C)cc4c3)C1)c1nnc(C)n1-2. The number of nitrogens with two attached hydrogens (primary N) is 1. The van der Waals surface area contributed by atoms with Crippen molar-refractivity contribution in [2.45, 2.75) is 123 Å². The molecule has 396 valence electrons. The van der Waals surface area contributed by atoms with Crippen molar-refractivity contribution in [3.63, 3.8) is 0 Å². The van der Waals surface area contributed by atoms with Crippen LogP contribution >= 0.6 is 34.3 Å². The zero-order valence-corrected chi connectivity index (χ0v) is 45.4. The highest BCUT2D eigenvalue weighted by Gasteiger charge is 2.47. The van der Waals surface area contributed by atoms with E-state index >= 15 is 0 Å². The molecule has 76 heavy (non-hydrogen) atoms. The Hall–Kier alpha value is -6.81. The number of thiophene rings is 1. The van der Waals surface area contributed by atoms with Crippen LogP contribution in [0.5, 0.6) is 5.75 Å². The van der Waals surface area contributed by atoms with E-state index in [1.807, 2.05) is 66.9 Å². The van der Waals surface area contributed by atoms with Gasteiger partial charge < -0.3 is 34.9 Å². The molecule has 3 aliphatic rings. The van der Waals surface area contributed by atoms with Crippen LogP contribution in [0.4, 0.5) is 0 Å². The molecule has 3 aromatic carbocycles. The summed E-state index contributed by atoms with van der Waals surface area (Å²) in [5.41, 5.74) is 7.22. The van der Waals surface area contributed by atoms with E-state index in [2.05, 4.69) is 39.7 Å². The number of benzene rings is 3. The van der Waals surface area contributed by atoms with E-state index in [9.17, 15) is 29.4 Å². The summed E-state index contributed by atoms with van der Waals surface area (Å²) in [6, 6.07) is 18.4. The second-order valence-electron chi connectivity index (χ2n) is 20.9. The Bertz CT molecular complexity index is 3390. The summed E-state index contributed by atoms with van der Waals surface area (Å²) in [4.78, 5) is 69.1. The lowest BCUT2D eigenvalue weighted by Gasteiger charge is -2.39. The van der Waals surface area contributed by atoms with Crippen LogP contribution in [-0.4, -0.2) is 106 Å². The maximum absolute atomic E-state index is 14.5. The van der Waals surface area contributed by atoms with Gasteiger partial charge in [-0.2, -0.15) is 0 Å². The highest BCUT2D eigenvalue weighted by atomic mass is 35.5. The minimum Gasteiger partial charge on any atom is -0.490 e. The molecule has 0 bridgehead atoms. The molecule has 1 saturated carbocycles. The summed E-state index contributed by atoms with van der Waals surface area (Å²) < 4.78 is 14.3. The third-order valence-corrected chi connectivity index (χ3v) is 16.8. The summed E-state index contributed by atoms with van der Waals surface area (Å²) in [5, 5.41) is 38.6. The molecule has 6 heterocycles. The van der Waals surface area contributed by atoms with Crippen LogP contribution in [0.1, 0.15) is 120 Å². The molecule has 5 atom stereocenters. The Morgan fingerprint density at radius 2 is 1.71 bits per heavy atom. The van der Waals surface area contributed by atoms with Crippen LogP contribution in [0.25, 0.3) is 26.4 Å². The summed E-state index contributed by atoms with van der Waals surface area (Å²) >= 11 is 9.36. The van der Waals surface area contributed by atoms with E-state index < -0.39 is 53.4 Å². The van der Waals surface area contributed by atoms with Crippen molar-refractivity contribution in [3.05, 3.63) is 134 Å². The third kappa shape index (κ3) is 10.3. The van der Waals surface area contributed by atoms with Gasteiger partial charge in [0.05, 0.1) is 47.0 Å². The highest BCUT2D eigenvalue weighted by Crippen LogP contribution is 2.40. The normalized spacial score (nSPS) is 20.0. The standard InChI is InChI=1S/C55H59ClN10O8S2/c1-27-29(3)76-54-46(27)47(32-12-14-35(56)15-13-32)61-40(50-63-62-30(4)65(50)54)23-45(69)60-36-20-39(21-36)73-38-16-17-43-34(18-38)19-44(74-43)52(71)66(57)49(55(5,6)7)53(72)64-24-37(68)22-42(64)51(70)59-28(2)31-8-10-33(11-9-31)48-41(25-67)58-26-75-48/h8-19,26,28,36-37,39-40,42,49,67-68H,20-25,57H2,1-7H3,(H,59,70)(H,60,69)/t28-,36?,37+,39?,40-,42-,49+/m0/s1. The van der Waals surface area contributed by atoms with Gasteiger partial charge in [-0.05, 0) is 86.2 Å². The molecule has 1 aliphatic carbocycles. The van der Waals surface area contributed by atoms with Crippen molar-refractivity contribution in [1.82, 2.24) is 40.3 Å². The number of thiazole rings is 1. The Kier molecular flexibility index (Phi) is 14.5. The number of amides is 4. The topological polar surface area (TPSA) is 244 Å². The van der Waals surface area contributed by atoms with Gasteiger partial charge in [-0.15, -0.1) is 32.9 Å². The molecule has 4 amide bonds. The lowest BCUT2D eigenvalue weighted by Crippen LogP contribution is -2.61. The molecular weight excluding hydrogens is 1030 g/mol. The molecule has 0 spiro atoms. The first-order valence-electron chi connectivity index (χ1n) is 25.1. The Labute approximate surface area is 451 Å². The first-order chi connectivity index (χ1) is 36.3. The number of aliphatic imine (C=N–C) groups is 1. The van der Waals surface area contributed by atoms with Gasteiger partial charge in [-0.3, -0.25) is 33.7 Å². The molecule has 0 unspecified atom stereocenters. The van der Waals surface area contributed by atoms with Crippen LogP contribution in [-0.2, 0) is 21.0 Å². The molecule has 2 aliphatic heterocycles. The van der Waals surface area contributed by atoms with Crippen molar-refractivity contribution >= 4 is 74.6 Å². The number of ether oxygens (including phenoxy) is 1. The number of carbonyl (C=O) groups excluding carboxylic acids is 4. The van der Waals surface area contributed by atoms with Crippen LogP contribution < -0.4 is 21.2 Å². The largest absolute Gasteiger partial charge is 0.490 e. The van der Waals surface area contributed by atoms with Crippen molar-refractivity contribution in [1.29, 1.82) is 0 Å². The number of aryl methyl sites for hydroxylation is 2. The summed E-state index contributed by atoms with van der Waals surface area (Å²) in [6.07, 6.45) is 0.0488. The summed E-state index contributed by atoms with van der Waals surface area (Å²) in [7, 11) is 0. The fourth-order valence-corrected chi connectivity index (χ4v) is 12.5. The van der Waals surface area contributed by atoms with Gasteiger partial charge in [0, 0.05) is 58.3 Å². The van der Waals surface area contributed by atoms with Gasteiger partial charge >= 0.3 is 5.91 Å². The molecule has 0 radical (unpaired) electrons. The number of rotatable bonds is 14. The second-order valence-corrected chi connectivity index (χ2v) is 23.4. The zero-order chi connectivity index (χ0) is 53.9. The molecule has 10 rings (SSSR count). The Balaban J connectivity index is 0.764. The van der Waals surface area contributed by atoms with Gasteiger partial charge in [0.2, 0.25) is 17.7 Å². The quantitative estimate of drug-likeness (QED) is 0.0397. The van der Waals surface area contributed by atoms with Gasteiger partial charge in [-0.25, -0.2) is 10.8 Å². The number of likely N-dealkylation sites (tertiary alicyclic amines) is 1. The van der Waals surface area contributed by atoms with E-state index in [0.29, 0.717) is 51.9 Å². The van der Waals surface area contributed by atoms with Crippen molar-refractivity contribution in [2.24, 2.45) is 16.3 Å². The maximum Gasteiger partial charge on any atom is 0.304 e. The number of aliphatic hydroxyl groups excluding tert-OH is 2. The highest BCUT2D eigenvalue weighted by molar-refractivity contribution is 7.15. The minimum atomic E-state index is -1.25. The van der Waals surface area contributed by atoms with Crippen LogP contribution in [0, 0.1) is 26.2 Å².